The lowest BCUT2D eigenvalue weighted by atomic mass is 9.95. The molecule has 2 aliphatic heterocycles. The Hall–Kier alpha value is -2.66. The van der Waals surface area contributed by atoms with Crippen molar-refractivity contribution in [3.8, 4) is 34.3 Å². The summed E-state index contributed by atoms with van der Waals surface area (Å²) < 4.78 is 24.8. The average molecular weight is 385 g/mol. The van der Waals surface area contributed by atoms with E-state index < -0.39 is 0 Å². The highest BCUT2D eigenvalue weighted by molar-refractivity contribution is 6.18. The van der Waals surface area contributed by atoms with Crippen LogP contribution in [0.4, 0.5) is 0 Å². The van der Waals surface area contributed by atoms with E-state index in [1.54, 1.807) is 7.11 Å². The maximum Gasteiger partial charge on any atom is 0.231 e. The first-order valence-corrected chi connectivity index (χ1v) is 9.48. The monoisotopic (exact) mass is 384 g/mol. The molecular formula is C21H19ClNO4+. The van der Waals surface area contributed by atoms with E-state index in [1.807, 2.05) is 6.07 Å². The van der Waals surface area contributed by atoms with Gasteiger partial charge in [-0.25, -0.2) is 0 Å². The van der Waals surface area contributed by atoms with Gasteiger partial charge in [0, 0.05) is 12.5 Å². The molecule has 6 heteroatoms. The van der Waals surface area contributed by atoms with Crippen molar-refractivity contribution in [1.82, 2.24) is 0 Å². The Bertz CT molecular complexity index is 1050. The molecule has 0 fully saturated rings. The number of hydrogen-bond donors (Lipinski definition) is 0. The maximum absolute atomic E-state index is 5.90. The third kappa shape index (κ3) is 2.65. The van der Waals surface area contributed by atoms with Crippen LogP contribution < -0.4 is 23.5 Å². The van der Waals surface area contributed by atoms with Crippen LogP contribution in [0, 0.1) is 0 Å². The fourth-order valence-corrected chi connectivity index (χ4v) is 3.92. The second-order valence-corrected chi connectivity index (χ2v) is 6.98. The predicted molar refractivity (Wildman–Crippen MR) is 102 cm³/mol. The van der Waals surface area contributed by atoms with Crippen molar-refractivity contribution < 1.29 is 23.5 Å². The van der Waals surface area contributed by atoms with Crippen molar-refractivity contribution in [3.63, 3.8) is 0 Å². The largest absolute Gasteiger partial charge is 0.493 e. The summed E-state index contributed by atoms with van der Waals surface area (Å²) in [5, 5.41) is 2.12. The summed E-state index contributed by atoms with van der Waals surface area (Å²) >= 11 is 5.82. The number of rotatable bonds is 4. The van der Waals surface area contributed by atoms with E-state index in [-0.39, 0.29) is 6.79 Å². The van der Waals surface area contributed by atoms with Gasteiger partial charge < -0.3 is 18.9 Å². The summed E-state index contributed by atoms with van der Waals surface area (Å²) in [5.41, 5.74) is 3.63. The van der Waals surface area contributed by atoms with Crippen LogP contribution in [0.1, 0.15) is 5.56 Å². The number of aromatic nitrogens is 1. The zero-order chi connectivity index (χ0) is 18.4. The van der Waals surface area contributed by atoms with Gasteiger partial charge in [-0.15, -0.1) is 11.6 Å². The number of halogens is 1. The first-order valence-electron chi connectivity index (χ1n) is 8.94. The molecule has 0 atom stereocenters. The highest BCUT2D eigenvalue weighted by atomic mass is 35.5. The molecule has 0 amide bonds. The van der Waals surface area contributed by atoms with Crippen LogP contribution in [-0.4, -0.2) is 26.4 Å². The minimum absolute atomic E-state index is 0.289. The Morgan fingerprint density at radius 3 is 2.81 bits per heavy atom. The molecule has 3 aromatic rings. The second kappa shape index (κ2) is 6.50. The summed E-state index contributed by atoms with van der Waals surface area (Å²) in [7, 11) is 1.65. The number of benzene rings is 2. The molecule has 0 spiro atoms. The molecule has 0 bridgehead atoms. The van der Waals surface area contributed by atoms with Gasteiger partial charge in [-0.3, -0.25) is 0 Å². The second-order valence-electron chi connectivity index (χ2n) is 6.60. The molecule has 0 N–H and O–H groups in total. The molecule has 0 radical (unpaired) electrons. The van der Waals surface area contributed by atoms with Crippen LogP contribution in [-0.2, 0) is 13.0 Å². The van der Waals surface area contributed by atoms with E-state index in [1.165, 1.54) is 11.1 Å². The molecule has 0 saturated carbocycles. The molecule has 27 heavy (non-hydrogen) atoms. The third-order valence-electron chi connectivity index (χ3n) is 5.12. The maximum atomic E-state index is 5.90. The number of aryl methyl sites for hydroxylation is 2. The topological polar surface area (TPSA) is 40.8 Å². The number of nitrogens with zero attached hydrogens (tertiary/aromatic N) is 1. The first-order chi connectivity index (χ1) is 13.3. The highest BCUT2D eigenvalue weighted by Gasteiger charge is 2.28. The van der Waals surface area contributed by atoms with Gasteiger partial charge in [0.25, 0.3) is 0 Å². The number of pyridine rings is 1. The third-order valence-corrected chi connectivity index (χ3v) is 5.27. The van der Waals surface area contributed by atoms with Crippen molar-refractivity contribution in [2.75, 3.05) is 26.4 Å². The number of fused-ring (bicyclic) bond motifs is 5. The minimum Gasteiger partial charge on any atom is -0.493 e. The standard InChI is InChI=1S/C21H19ClNO4/c1-24-18-3-2-13-8-17-15-10-20-19(26-12-27-20)9-14(15)4-6-23(17)11-16(13)21(18)25-7-5-22/h2-3,8-11H,4-7,12H2,1H3/q+1. The van der Waals surface area contributed by atoms with E-state index in [9.17, 15) is 0 Å². The van der Waals surface area contributed by atoms with Gasteiger partial charge in [-0.1, -0.05) is 0 Å². The van der Waals surface area contributed by atoms with Gasteiger partial charge in [0.2, 0.25) is 12.5 Å². The van der Waals surface area contributed by atoms with E-state index >= 15 is 0 Å². The number of methoxy groups -OCH3 is 1. The summed E-state index contributed by atoms with van der Waals surface area (Å²) in [4.78, 5) is 0. The quantitative estimate of drug-likeness (QED) is 0.508. The SMILES string of the molecule is COc1ccc2cc3[n+](cc2c1OCCCl)CCc1cc2c(cc1-3)OCO2. The fourth-order valence-electron chi connectivity index (χ4n) is 3.85. The summed E-state index contributed by atoms with van der Waals surface area (Å²) in [5.74, 6) is 3.53. The van der Waals surface area contributed by atoms with E-state index in [4.69, 9.17) is 30.5 Å². The molecule has 0 saturated heterocycles. The number of alkyl halides is 1. The molecule has 3 heterocycles. The van der Waals surface area contributed by atoms with Crippen LogP contribution in [0.5, 0.6) is 23.0 Å². The Balaban J connectivity index is 1.69. The van der Waals surface area contributed by atoms with E-state index in [2.05, 4.69) is 35.0 Å². The molecule has 2 aromatic carbocycles. The van der Waals surface area contributed by atoms with Crippen molar-refractivity contribution in [2.45, 2.75) is 13.0 Å². The fraction of sp³-hybridized carbons (Fsp3) is 0.286. The number of hydrogen-bond acceptors (Lipinski definition) is 4. The summed E-state index contributed by atoms with van der Waals surface area (Å²) in [6, 6.07) is 10.4. The van der Waals surface area contributed by atoms with Crippen molar-refractivity contribution in [3.05, 3.63) is 42.1 Å². The van der Waals surface area contributed by atoms with Crippen LogP contribution >= 0.6 is 11.6 Å². The normalized spacial score (nSPS) is 14.0. The van der Waals surface area contributed by atoms with Crippen LogP contribution in [0.3, 0.4) is 0 Å². The van der Waals surface area contributed by atoms with Crippen LogP contribution in [0.15, 0.2) is 36.5 Å². The van der Waals surface area contributed by atoms with Crippen molar-refractivity contribution in [1.29, 1.82) is 0 Å². The van der Waals surface area contributed by atoms with Crippen LogP contribution in [0.2, 0.25) is 0 Å². The molecule has 5 nitrogen and oxygen atoms in total. The molecule has 5 rings (SSSR count). The van der Waals surface area contributed by atoms with Gasteiger partial charge in [0.05, 0.1) is 23.9 Å². The predicted octanol–water partition coefficient (Wildman–Crippen LogP) is 3.71. The smallest absolute Gasteiger partial charge is 0.231 e. The lowest BCUT2D eigenvalue weighted by Gasteiger charge is -2.17. The van der Waals surface area contributed by atoms with Gasteiger partial charge in [-0.05, 0) is 35.2 Å². The highest BCUT2D eigenvalue weighted by Crippen LogP contribution is 2.41. The van der Waals surface area contributed by atoms with Gasteiger partial charge in [-0.2, -0.15) is 4.57 Å². The Kier molecular flexibility index (Phi) is 3.97. The average Bonchev–Trinajstić information content (AvgIpc) is 3.16. The zero-order valence-corrected chi connectivity index (χ0v) is 15.7. The van der Waals surface area contributed by atoms with Gasteiger partial charge in [0.15, 0.2) is 35.7 Å². The van der Waals surface area contributed by atoms with Gasteiger partial charge in [0.1, 0.15) is 6.61 Å². The summed E-state index contributed by atoms with van der Waals surface area (Å²) in [6.07, 6.45) is 3.08. The zero-order valence-electron chi connectivity index (χ0n) is 15.0. The Morgan fingerprint density at radius 1 is 1.15 bits per heavy atom. The number of ether oxygens (including phenoxy) is 4. The summed E-state index contributed by atoms with van der Waals surface area (Å²) in [6.45, 7) is 1.62. The first kappa shape index (κ1) is 16.5. The van der Waals surface area contributed by atoms with E-state index in [0.717, 1.165) is 46.7 Å². The minimum atomic E-state index is 0.289. The molecule has 1 aromatic heterocycles. The molecule has 2 aliphatic rings. The molecular weight excluding hydrogens is 366 g/mol. The Morgan fingerprint density at radius 2 is 2.00 bits per heavy atom. The van der Waals surface area contributed by atoms with Crippen molar-refractivity contribution in [2.24, 2.45) is 0 Å². The Labute approximate surface area is 162 Å². The molecule has 0 aliphatic carbocycles. The molecule has 138 valence electrons. The van der Waals surface area contributed by atoms with Gasteiger partial charge >= 0.3 is 0 Å². The van der Waals surface area contributed by atoms with Crippen molar-refractivity contribution >= 4 is 22.4 Å². The van der Waals surface area contributed by atoms with E-state index in [0.29, 0.717) is 18.2 Å². The van der Waals surface area contributed by atoms with Crippen LogP contribution in [0.25, 0.3) is 22.0 Å². The lowest BCUT2D eigenvalue weighted by molar-refractivity contribution is -0.686. The lowest BCUT2D eigenvalue weighted by Crippen LogP contribution is -2.40. The molecule has 0 unspecified atom stereocenters.